The number of urea groups is 1. The molecule has 96 valence electrons. The van der Waals surface area contributed by atoms with Gasteiger partial charge < -0.3 is 10.6 Å². The van der Waals surface area contributed by atoms with Crippen LogP contribution in [0.3, 0.4) is 0 Å². The summed E-state index contributed by atoms with van der Waals surface area (Å²) >= 11 is 0. The first-order chi connectivity index (χ1) is 8.70. The highest BCUT2D eigenvalue weighted by Gasteiger charge is 2.42. The summed E-state index contributed by atoms with van der Waals surface area (Å²) in [5.41, 5.74) is 0.117. The Morgan fingerprint density at radius 1 is 1.28 bits per heavy atom. The van der Waals surface area contributed by atoms with Crippen LogP contribution in [-0.2, 0) is 5.54 Å². The minimum absolute atomic E-state index is 0.166. The molecule has 0 unspecified atom stereocenters. The van der Waals surface area contributed by atoms with Crippen LogP contribution in [0.2, 0.25) is 0 Å². The number of rotatable bonds is 3. The minimum Gasteiger partial charge on any atom is -0.335 e. The number of halogens is 1. The van der Waals surface area contributed by atoms with E-state index in [0.29, 0.717) is 11.6 Å². The molecule has 1 aromatic carbocycles. The normalized spacial score (nSPS) is 20.9. The summed E-state index contributed by atoms with van der Waals surface area (Å²) in [5.74, 6) is -0.232. The first kappa shape index (κ1) is 11.5. The van der Waals surface area contributed by atoms with Gasteiger partial charge in [-0.15, -0.1) is 0 Å². The Hall–Kier alpha value is -1.58. The zero-order valence-corrected chi connectivity index (χ0v) is 10.2. The minimum atomic E-state index is -0.496. The largest absolute Gasteiger partial charge is 0.335 e. The first-order valence-corrected chi connectivity index (χ1v) is 6.53. The molecule has 0 radical (unpaired) electrons. The molecule has 4 heteroatoms. The lowest BCUT2D eigenvalue weighted by molar-refractivity contribution is 0.173. The van der Waals surface area contributed by atoms with Crippen molar-refractivity contribution in [3.8, 4) is 0 Å². The molecule has 0 saturated heterocycles. The third kappa shape index (κ3) is 2.07. The van der Waals surface area contributed by atoms with Crippen molar-refractivity contribution in [3.63, 3.8) is 0 Å². The second-order valence-corrected chi connectivity index (χ2v) is 5.29. The Morgan fingerprint density at radius 3 is 2.56 bits per heavy atom. The Morgan fingerprint density at radius 2 is 2.00 bits per heavy atom. The van der Waals surface area contributed by atoms with Crippen LogP contribution in [0.4, 0.5) is 9.18 Å². The Bertz CT molecular complexity index is 467. The molecule has 2 aliphatic carbocycles. The van der Waals surface area contributed by atoms with Crippen molar-refractivity contribution in [3.05, 3.63) is 35.6 Å². The van der Waals surface area contributed by atoms with Crippen molar-refractivity contribution in [1.29, 1.82) is 0 Å². The lowest BCUT2D eigenvalue weighted by Crippen LogP contribution is -2.54. The molecule has 0 aliphatic heterocycles. The molecule has 1 aromatic rings. The van der Waals surface area contributed by atoms with E-state index in [-0.39, 0.29) is 11.8 Å². The molecular formula is C14H17FN2O. The molecule has 0 bridgehead atoms. The molecule has 2 amide bonds. The predicted octanol–water partition coefficient (Wildman–Crippen LogP) is 2.67. The third-order valence-corrected chi connectivity index (χ3v) is 3.86. The maximum absolute atomic E-state index is 13.9. The standard InChI is InChI=1S/C14H17FN2O/c15-12-5-2-1-4-11(12)14(8-3-9-14)17-13(18)16-10-6-7-10/h1-2,4-5,10H,3,6-9H2,(H2,16,17,18). The zero-order chi connectivity index (χ0) is 12.6. The van der Waals surface area contributed by atoms with Crippen LogP contribution in [0, 0.1) is 5.82 Å². The van der Waals surface area contributed by atoms with Gasteiger partial charge in [-0.1, -0.05) is 18.2 Å². The summed E-state index contributed by atoms with van der Waals surface area (Å²) in [6, 6.07) is 6.87. The van der Waals surface area contributed by atoms with Gasteiger partial charge in [-0.3, -0.25) is 0 Å². The summed E-state index contributed by atoms with van der Waals surface area (Å²) in [7, 11) is 0. The number of hydrogen-bond acceptors (Lipinski definition) is 1. The summed E-state index contributed by atoms with van der Waals surface area (Å²) in [5, 5.41) is 5.86. The number of benzene rings is 1. The van der Waals surface area contributed by atoms with Crippen LogP contribution in [0.25, 0.3) is 0 Å². The monoisotopic (exact) mass is 248 g/mol. The highest BCUT2D eigenvalue weighted by atomic mass is 19.1. The van der Waals surface area contributed by atoms with Gasteiger partial charge in [0, 0.05) is 11.6 Å². The SMILES string of the molecule is O=C(NC1CC1)NC1(c2ccccc2F)CCC1. The van der Waals surface area contributed by atoms with Crippen LogP contribution < -0.4 is 10.6 Å². The molecule has 2 fully saturated rings. The number of nitrogens with one attached hydrogen (secondary N) is 2. The molecule has 0 atom stereocenters. The van der Waals surface area contributed by atoms with Gasteiger partial charge in [-0.25, -0.2) is 9.18 Å². The van der Waals surface area contributed by atoms with E-state index < -0.39 is 5.54 Å². The van der Waals surface area contributed by atoms with E-state index in [4.69, 9.17) is 0 Å². The average Bonchev–Trinajstić information content (AvgIpc) is 3.08. The van der Waals surface area contributed by atoms with Crippen LogP contribution in [0.1, 0.15) is 37.7 Å². The van der Waals surface area contributed by atoms with Gasteiger partial charge in [0.1, 0.15) is 5.82 Å². The second-order valence-electron chi connectivity index (χ2n) is 5.29. The highest BCUT2D eigenvalue weighted by molar-refractivity contribution is 5.76. The van der Waals surface area contributed by atoms with Gasteiger partial charge in [-0.05, 0) is 38.2 Å². The van der Waals surface area contributed by atoms with Crippen molar-refractivity contribution < 1.29 is 9.18 Å². The Balaban J connectivity index is 1.77. The maximum Gasteiger partial charge on any atom is 0.315 e. The number of carbonyl (C=O) groups excluding carboxylic acids is 1. The van der Waals surface area contributed by atoms with Gasteiger partial charge in [0.2, 0.25) is 0 Å². The van der Waals surface area contributed by atoms with Gasteiger partial charge in [0.25, 0.3) is 0 Å². The molecule has 2 N–H and O–H groups in total. The fraction of sp³-hybridized carbons (Fsp3) is 0.500. The van der Waals surface area contributed by atoms with Crippen LogP contribution in [0.15, 0.2) is 24.3 Å². The molecule has 0 heterocycles. The smallest absolute Gasteiger partial charge is 0.315 e. The first-order valence-electron chi connectivity index (χ1n) is 6.53. The molecular weight excluding hydrogens is 231 g/mol. The van der Waals surface area contributed by atoms with E-state index in [1.165, 1.54) is 6.07 Å². The lowest BCUT2D eigenvalue weighted by Gasteiger charge is -2.43. The van der Waals surface area contributed by atoms with Gasteiger partial charge in [0.05, 0.1) is 5.54 Å². The zero-order valence-electron chi connectivity index (χ0n) is 10.2. The van der Waals surface area contributed by atoms with Crippen LogP contribution in [-0.4, -0.2) is 12.1 Å². The number of amides is 2. The van der Waals surface area contributed by atoms with Crippen molar-refractivity contribution in [2.24, 2.45) is 0 Å². The van der Waals surface area contributed by atoms with E-state index in [0.717, 1.165) is 32.1 Å². The van der Waals surface area contributed by atoms with Crippen molar-refractivity contribution in [2.75, 3.05) is 0 Å². The molecule has 2 aliphatic rings. The van der Waals surface area contributed by atoms with E-state index >= 15 is 0 Å². The van der Waals surface area contributed by atoms with E-state index in [1.54, 1.807) is 12.1 Å². The van der Waals surface area contributed by atoms with Gasteiger partial charge in [0.15, 0.2) is 0 Å². The Labute approximate surface area is 106 Å². The third-order valence-electron chi connectivity index (χ3n) is 3.86. The summed E-state index contributed by atoms with van der Waals surface area (Å²) in [4.78, 5) is 11.8. The Kier molecular flexibility index (Phi) is 2.73. The average molecular weight is 248 g/mol. The second kappa shape index (κ2) is 4.26. The van der Waals surface area contributed by atoms with E-state index in [1.807, 2.05) is 6.07 Å². The van der Waals surface area contributed by atoms with Gasteiger partial charge in [-0.2, -0.15) is 0 Å². The summed E-state index contributed by atoms with van der Waals surface area (Å²) in [6.45, 7) is 0. The lowest BCUT2D eigenvalue weighted by atomic mass is 9.71. The molecule has 2 saturated carbocycles. The maximum atomic E-state index is 13.9. The summed E-state index contributed by atoms with van der Waals surface area (Å²) < 4.78 is 13.9. The van der Waals surface area contributed by atoms with Crippen LogP contribution >= 0.6 is 0 Å². The topological polar surface area (TPSA) is 41.1 Å². The van der Waals surface area contributed by atoms with E-state index in [9.17, 15) is 9.18 Å². The molecule has 0 spiro atoms. The molecule has 0 aromatic heterocycles. The van der Waals surface area contributed by atoms with Crippen molar-refractivity contribution in [2.45, 2.75) is 43.7 Å². The highest BCUT2D eigenvalue weighted by Crippen LogP contribution is 2.42. The molecule has 3 nitrogen and oxygen atoms in total. The van der Waals surface area contributed by atoms with Crippen LogP contribution in [0.5, 0.6) is 0 Å². The fourth-order valence-electron chi connectivity index (χ4n) is 2.51. The van der Waals surface area contributed by atoms with Crippen molar-refractivity contribution in [1.82, 2.24) is 10.6 Å². The molecule has 3 rings (SSSR count). The van der Waals surface area contributed by atoms with Gasteiger partial charge >= 0.3 is 6.03 Å². The summed E-state index contributed by atoms with van der Waals surface area (Å²) in [6.07, 6.45) is 4.76. The molecule has 18 heavy (non-hydrogen) atoms. The number of hydrogen-bond donors (Lipinski definition) is 2. The predicted molar refractivity (Wildman–Crippen MR) is 66.6 cm³/mol. The van der Waals surface area contributed by atoms with Crippen molar-refractivity contribution >= 4 is 6.03 Å². The fourth-order valence-corrected chi connectivity index (χ4v) is 2.51. The van der Waals surface area contributed by atoms with E-state index in [2.05, 4.69) is 10.6 Å². The number of carbonyl (C=O) groups is 1. The quantitative estimate of drug-likeness (QED) is 0.848.